The van der Waals surface area contributed by atoms with Crippen molar-refractivity contribution in [3.63, 3.8) is 0 Å². The molecule has 0 aliphatic rings. The Balaban J connectivity index is 1.52. The summed E-state index contributed by atoms with van der Waals surface area (Å²) in [6.07, 6.45) is 1.44. The third-order valence-electron chi connectivity index (χ3n) is 6.00. The number of methoxy groups -OCH3 is 2. The first-order valence-electron chi connectivity index (χ1n) is 11.6. The summed E-state index contributed by atoms with van der Waals surface area (Å²) in [7, 11) is 2.91. The molecule has 0 aromatic heterocycles. The van der Waals surface area contributed by atoms with Crippen molar-refractivity contribution < 1.29 is 19.0 Å². The Labute approximate surface area is 231 Å². The Morgan fingerprint density at radius 1 is 0.947 bits per heavy atom. The average molecular weight is 547 g/mol. The maximum absolute atomic E-state index is 12.9. The maximum atomic E-state index is 12.9. The van der Waals surface area contributed by atoms with Crippen molar-refractivity contribution in [3.05, 3.63) is 99.0 Å². The highest BCUT2D eigenvalue weighted by molar-refractivity contribution is 6.32. The van der Waals surface area contributed by atoms with Gasteiger partial charge in [-0.1, -0.05) is 65.7 Å². The second-order valence-electron chi connectivity index (χ2n) is 8.37. The molecular weight excluding hydrogens is 523 g/mol. The molecular formula is C30H24Cl2N2O4. The molecule has 0 bridgehead atoms. The van der Waals surface area contributed by atoms with E-state index in [1.165, 1.54) is 32.4 Å². The molecule has 0 atom stereocenters. The molecule has 4 rings (SSSR count). The van der Waals surface area contributed by atoms with E-state index in [1.54, 1.807) is 18.2 Å². The van der Waals surface area contributed by atoms with Gasteiger partial charge in [0, 0.05) is 17.7 Å². The van der Waals surface area contributed by atoms with Crippen molar-refractivity contribution in [3.8, 4) is 23.3 Å². The van der Waals surface area contributed by atoms with E-state index in [0.717, 1.165) is 21.9 Å². The Morgan fingerprint density at radius 3 is 2.39 bits per heavy atom. The van der Waals surface area contributed by atoms with Crippen LogP contribution in [0.5, 0.6) is 17.2 Å². The molecule has 38 heavy (non-hydrogen) atoms. The van der Waals surface area contributed by atoms with Crippen LogP contribution in [0.15, 0.2) is 72.3 Å². The number of benzene rings is 4. The molecule has 1 amide bonds. The minimum atomic E-state index is -0.627. The van der Waals surface area contributed by atoms with Crippen molar-refractivity contribution in [2.75, 3.05) is 19.5 Å². The van der Waals surface area contributed by atoms with Crippen molar-refractivity contribution in [2.45, 2.75) is 13.5 Å². The van der Waals surface area contributed by atoms with E-state index in [2.05, 4.69) is 29.6 Å². The van der Waals surface area contributed by atoms with E-state index in [4.69, 9.17) is 37.4 Å². The number of fused-ring (bicyclic) bond motifs is 1. The van der Waals surface area contributed by atoms with Crippen molar-refractivity contribution in [2.24, 2.45) is 0 Å². The monoisotopic (exact) mass is 546 g/mol. The van der Waals surface area contributed by atoms with Crippen LogP contribution in [-0.2, 0) is 11.4 Å². The summed E-state index contributed by atoms with van der Waals surface area (Å²) in [6.45, 7) is 2.39. The van der Waals surface area contributed by atoms with E-state index in [0.29, 0.717) is 45.2 Å². The molecule has 4 aromatic carbocycles. The number of carbonyl (C=O) groups excluding carboxylic acids is 1. The summed E-state index contributed by atoms with van der Waals surface area (Å²) in [4.78, 5) is 12.9. The minimum Gasteiger partial charge on any atom is -0.495 e. The summed E-state index contributed by atoms with van der Waals surface area (Å²) in [5.41, 5.74) is 2.96. The molecule has 0 saturated carbocycles. The van der Waals surface area contributed by atoms with E-state index < -0.39 is 5.91 Å². The first-order valence-corrected chi connectivity index (χ1v) is 12.3. The number of aryl methyl sites for hydroxylation is 1. The van der Waals surface area contributed by atoms with Gasteiger partial charge in [0.15, 0.2) is 0 Å². The molecule has 0 saturated heterocycles. The molecule has 6 nitrogen and oxygen atoms in total. The smallest absolute Gasteiger partial charge is 0.266 e. The minimum absolute atomic E-state index is 0.128. The number of halogens is 2. The Bertz CT molecular complexity index is 1590. The van der Waals surface area contributed by atoms with Crippen LogP contribution in [0.2, 0.25) is 10.0 Å². The fourth-order valence-corrected chi connectivity index (χ4v) is 4.45. The highest BCUT2D eigenvalue weighted by Gasteiger charge is 2.16. The number of carbonyl (C=O) groups is 1. The van der Waals surface area contributed by atoms with Gasteiger partial charge in [0.25, 0.3) is 5.91 Å². The summed E-state index contributed by atoms with van der Waals surface area (Å²) in [5.74, 6) is 0.550. The molecule has 0 unspecified atom stereocenters. The number of hydrogen-bond acceptors (Lipinski definition) is 5. The number of nitriles is 1. The third kappa shape index (κ3) is 5.86. The number of amides is 1. The first-order chi connectivity index (χ1) is 18.3. The second-order valence-corrected chi connectivity index (χ2v) is 9.19. The number of anilines is 1. The van der Waals surface area contributed by atoms with Crippen molar-refractivity contribution in [1.82, 2.24) is 0 Å². The largest absolute Gasteiger partial charge is 0.495 e. The molecule has 0 aliphatic carbocycles. The van der Waals surface area contributed by atoms with E-state index >= 15 is 0 Å². The zero-order valence-corrected chi connectivity index (χ0v) is 22.5. The lowest BCUT2D eigenvalue weighted by atomic mass is 10.0. The topological polar surface area (TPSA) is 80.6 Å². The molecule has 8 heteroatoms. The number of hydrogen-bond donors (Lipinski definition) is 1. The summed E-state index contributed by atoms with van der Waals surface area (Å²) in [5, 5.41) is 15.3. The van der Waals surface area contributed by atoms with Gasteiger partial charge in [-0.2, -0.15) is 5.26 Å². The highest BCUT2D eigenvalue weighted by Crippen LogP contribution is 2.36. The van der Waals surface area contributed by atoms with Gasteiger partial charge >= 0.3 is 0 Å². The molecule has 1 N–H and O–H groups in total. The fourth-order valence-electron chi connectivity index (χ4n) is 3.97. The lowest BCUT2D eigenvalue weighted by Crippen LogP contribution is -2.14. The molecule has 0 radical (unpaired) electrons. The van der Waals surface area contributed by atoms with Gasteiger partial charge in [-0.05, 0) is 47.0 Å². The lowest BCUT2D eigenvalue weighted by molar-refractivity contribution is -0.112. The molecule has 4 aromatic rings. The number of ether oxygens (including phenoxy) is 3. The fraction of sp³-hybridized carbons (Fsp3) is 0.133. The quantitative estimate of drug-likeness (QED) is 0.182. The van der Waals surface area contributed by atoms with E-state index in [-0.39, 0.29) is 5.57 Å². The van der Waals surface area contributed by atoms with Crippen LogP contribution >= 0.6 is 23.2 Å². The van der Waals surface area contributed by atoms with Crippen LogP contribution in [0.25, 0.3) is 16.8 Å². The molecule has 0 spiro atoms. The highest BCUT2D eigenvalue weighted by atomic mass is 35.5. The molecule has 0 heterocycles. The predicted octanol–water partition coefficient (Wildman–Crippen LogP) is 7.60. The van der Waals surface area contributed by atoms with Crippen LogP contribution in [0.3, 0.4) is 0 Å². The average Bonchev–Trinajstić information content (AvgIpc) is 2.92. The van der Waals surface area contributed by atoms with Crippen LogP contribution in [0.1, 0.15) is 16.7 Å². The molecule has 0 aliphatic heterocycles. The maximum Gasteiger partial charge on any atom is 0.266 e. The number of rotatable bonds is 8. The molecule has 192 valence electrons. The zero-order valence-electron chi connectivity index (χ0n) is 21.0. The first kappa shape index (κ1) is 26.9. The van der Waals surface area contributed by atoms with Gasteiger partial charge in [-0.15, -0.1) is 0 Å². The summed E-state index contributed by atoms with van der Waals surface area (Å²) >= 11 is 12.6. The lowest BCUT2D eigenvalue weighted by Gasteiger charge is -2.14. The third-order valence-corrected chi connectivity index (χ3v) is 6.59. The standard InChI is InChI=1S/C30H24Cl2N2O4/c1-18-8-10-20-6-4-5-7-22(20)23(18)17-38-27-11-9-19(13-24(27)31)12-21(16-33)30(35)34-26-15-28(36-2)25(32)14-29(26)37-3/h4-15H,17H2,1-3H3,(H,34,35)/b21-12+. The van der Waals surface area contributed by atoms with Crippen LogP contribution < -0.4 is 19.5 Å². The van der Waals surface area contributed by atoms with E-state index in [1.807, 2.05) is 25.1 Å². The molecule has 0 fully saturated rings. The second kappa shape index (κ2) is 11.9. The SMILES string of the molecule is COc1cc(NC(=O)/C(C#N)=C/c2ccc(OCc3c(C)ccc4ccccc34)c(Cl)c2)c(OC)cc1Cl. The van der Waals surface area contributed by atoms with Gasteiger partial charge in [-0.25, -0.2) is 0 Å². The Kier molecular flexibility index (Phi) is 8.42. The van der Waals surface area contributed by atoms with Gasteiger partial charge in [0.05, 0.1) is 30.0 Å². The van der Waals surface area contributed by atoms with Crippen LogP contribution in [0.4, 0.5) is 5.69 Å². The van der Waals surface area contributed by atoms with Crippen molar-refractivity contribution in [1.29, 1.82) is 5.26 Å². The van der Waals surface area contributed by atoms with Gasteiger partial charge in [-0.3, -0.25) is 4.79 Å². The normalized spacial score (nSPS) is 11.1. The Hall–Kier alpha value is -4.18. The Morgan fingerprint density at radius 2 is 1.68 bits per heavy atom. The van der Waals surface area contributed by atoms with Crippen LogP contribution in [-0.4, -0.2) is 20.1 Å². The number of nitrogens with one attached hydrogen (secondary N) is 1. The van der Waals surface area contributed by atoms with Crippen LogP contribution in [0, 0.1) is 18.3 Å². The zero-order chi connectivity index (χ0) is 27.2. The predicted molar refractivity (Wildman–Crippen MR) is 151 cm³/mol. The van der Waals surface area contributed by atoms with Gasteiger partial charge in [0.2, 0.25) is 0 Å². The van der Waals surface area contributed by atoms with Crippen molar-refractivity contribution >= 4 is 51.6 Å². The summed E-state index contributed by atoms with van der Waals surface area (Å²) < 4.78 is 16.5. The number of nitrogens with zero attached hydrogens (tertiary/aromatic N) is 1. The van der Waals surface area contributed by atoms with Gasteiger partial charge in [0.1, 0.15) is 35.5 Å². The van der Waals surface area contributed by atoms with Gasteiger partial charge < -0.3 is 19.5 Å². The summed E-state index contributed by atoms with van der Waals surface area (Å²) in [6, 6.07) is 22.4. The van der Waals surface area contributed by atoms with E-state index in [9.17, 15) is 10.1 Å².